The molecular formula is C12H21N3O5. The van der Waals surface area contributed by atoms with Gasteiger partial charge < -0.3 is 26.2 Å². The first kappa shape index (κ1) is 16.2. The molecule has 0 aromatic rings. The number of nitrogens with zero attached hydrogens (tertiary/aromatic N) is 1. The Bertz CT molecular complexity index is 387. The number of carboxylic acids is 1. The van der Waals surface area contributed by atoms with Crippen LogP contribution < -0.4 is 11.1 Å². The van der Waals surface area contributed by atoms with Crippen LogP contribution in [0.4, 0.5) is 4.79 Å². The number of primary amides is 1. The fourth-order valence-electron chi connectivity index (χ4n) is 2.35. The van der Waals surface area contributed by atoms with Crippen molar-refractivity contribution in [1.82, 2.24) is 10.2 Å². The predicted octanol–water partition coefficient (Wildman–Crippen LogP) is -0.740. The van der Waals surface area contributed by atoms with Crippen LogP contribution in [0.1, 0.15) is 32.1 Å². The van der Waals surface area contributed by atoms with Gasteiger partial charge in [0.25, 0.3) is 0 Å². The number of nitrogens with two attached hydrogens (primary N) is 1. The van der Waals surface area contributed by atoms with Crippen molar-refractivity contribution in [2.45, 2.75) is 50.3 Å². The van der Waals surface area contributed by atoms with E-state index in [2.05, 4.69) is 5.32 Å². The van der Waals surface area contributed by atoms with Gasteiger partial charge in [-0.25, -0.2) is 9.59 Å². The van der Waals surface area contributed by atoms with Gasteiger partial charge in [0, 0.05) is 7.05 Å². The van der Waals surface area contributed by atoms with E-state index in [0.717, 1.165) is 12.8 Å². The number of rotatable bonds is 5. The lowest BCUT2D eigenvalue weighted by atomic mass is 9.92. The van der Waals surface area contributed by atoms with Crippen molar-refractivity contribution < 1.29 is 24.6 Å². The van der Waals surface area contributed by atoms with E-state index in [4.69, 9.17) is 10.8 Å². The minimum atomic E-state index is -1.36. The van der Waals surface area contributed by atoms with Gasteiger partial charge in [0.05, 0.1) is 18.6 Å². The van der Waals surface area contributed by atoms with Crippen LogP contribution in [0, 0.1) is 0 Å². The average molecular weight is 287 g/mol. The molecule has 0 spiro atoms. The maximum absolute atomic E-state index is 12.0. The Kier molecular flexibility index (Phi) is 5.75. The first-order valence-electron chi connectivity index (χ1n) is 6.55. The summed E-state index contributed by atoms with van der Waals surface area (Å²) in [6.45, 7) is 0. The van der Waals surface area contributed by atoms with E-state index in [1.165, 1.54) is 11.9 Å². The van der Waals surface area contributed by atoms with Gasteiger partial charge in [-0.1, -0.05) is 12.8 Å². The standard InChI is InChI=1S/C12H21N3O5/c1-15(8-4-2-3-5-9(8)16)12(20)14-7(11(18)19)6-10(13)17/h7-9,16H,2-6H2,1H3,(H2,13,17)(H,14,20)(H,18,19)/t7-,8?,9?/m1/s1. The van der Waals surface area contributed by atoms with Crippen molar-refractivity contribution in [3.8, 4) is 0 Å². The lowest BCUT2D eigenvalue weighted by Gasteiger charge is -2.35. The van der Waals surface area contributed by atoms with Crippen molar-refractivity contribution in [2.24, 2.45) is 5.73 Å². The smallest absolute Gasteiger partial charge is 0.326 e. The highest BCUT2D eigenvalue weighted by molar-refractivity contribution is 5.87. The first-order valence-corrected chi connectivity index (χ1v) is 6.55. The number of aliphatic hydroxyl groups excluding tert-OH is 1. The third-order valence-corrected chi connectivity index (χ3v) is 3.51. The maximum Gasteiger partial charge on any atom is 0.326 e. The molecule has 8 nitrogen and oxygen atoms in total. The molecule has 0 aromatic heterocycles. The average Bonchev–Trinajstić information content (AvgIpc) is 2.37. The monoisotopic (exact) mass is 287 g/mol. The van der Waals surface area contributed by atoms with Crippen LogP contribution in [-0.2, 0) is 9.59 Å². The third-order valence-electron chi connectivity index (χ3n) is 3.51. The third kappa shape index (κ3) is 4.37. The van der Waals surface area contributed by atoms with Gasteiger partial charge in [-0.2, -0.15) is 0 Å². The molecule has 0 saturated heterocycles. The number of carbonyl (C=O) groups is 3. The molecule has 0 radical (unpaired) electrons. The molecular weight excluding hydrogens is 266 g/mol. The molecule has 1 aliphatic carbocycles. The molecule has 1 saturated carbocycles. The van der Waals surface area contributed by atoms with Crippen LogP contribution in [0.15, 0.2) is 0 Å². The molecule has 8 heteroatoms. The van der Waals surface area contributed by atoms with E-state index in [-0.39, 0.29) is 6.04 Å². The van der Waals surface area contributed by atoms with Gasteiger partial charge in [-0.15, -0.1) is 0 Å². The number of nitrogens with one attached hydrogen (secondary N) is 1. The van der Waals surface area contributed by atoms with Gasteiger partial charge >= 0.3 is 12.0 Å². The Labute approximate surface area is 116 Å². The van der Waals surface area contributed by atoms with E-state index >= 15 is 0 Å². The number of likely N-dealkylation sites (N-methyl/N-ethyl adjacent to an activating group) is 1. The second-order valence-corrected chi connectivity index (χ2v) is 5.04. The Morgan fingerprint density at radius 3 is 2.45 bits per heavy atom. The molecule has 20 heavy (non-hydrogen) atoms. The minimum Gasteiger partial charge on any atom is -0.480 e. The maximum atomic E-state index is 12.0. The van der Waals surface area contributed by atoms with Crippen LogP contribution in [0.25, 0.3) is 0 Å². The Balaban J connectivity index is 2.63. The molecule has 0 aromatic carbocycles. The summed E-state index contributed by atoms with van der Waals surface area (Å²) in [5.74, 6) is -2.13. The zero-order valence-corrected chi connectivity index (χ0v) is 11.4. The summed E-state index contributed by atoms with van der Waals surface area (Å²) >= 11 is 0. The lowest BCUT2D eigenvalue weighted by molar-refractivity contribution is -0.141. The van der Waals surface area contributed by atoms with Crippen LogP contribution in [-0.4, -0.2) is 58.3 Å². The molecule has 3 atom stereocenters. The second-order valence-electron chi connectivity index (χ2n) is 5.04. The lowest BCUT2D eigenvalue weighted by Crippen LogP contribution is -2.54. The van der Waals surface area contributed by atoms with E-state index in [0.29, 0.717) is 12.8 Å². The normalized spacial score (nSPS) is 23.7. The van der Waals surface area contributed by atoms with Crippen molar-refractivity contribution in [2.75, 3.05) is 7.05 Å². The van der Waals surface area contributed by atoms with Crippen molar-refractivity contribution in [3.63, 3.8) is 0 Å². The highest BCUT2D eigenvalue weighted by atomic mass is 16.4. The molecule has 1 rings (SSSR count). The highest BCUT2D eigenvalue weighted by Gasteiger charge is 2.31. The Morgan fingerprint density at radius 2 is 1.95 bits per heavy atom. The molecule has 0 heterocycles. The molecule has 0 aliphatic heterocycles. The van der Waals surface area contributed by atoms with Gasteiger partial charge in [-0.05, 0) is 12.8 Å². The second kappa shape index (κ2) is 7.09. The Morgan fingerprint density at radius 1 is 1.35 bits per heavy atom. The van der Waals surface area contributed by atoms with Gasteiger partial charge in [-0.3, -0.25) is 4.79 Å². The van der Waals surface area contributed by atoms with E-state index in [1.807, 2.05) is 0 Å². The molecule has 5 N–H and O–H groups in total. The van der Waals surface area contributed by atoms with Crippen molar-refractivity contribution in [1.29, 1.82) is 0 Å². The number of amides is 3. The van der Waals surface area contributed by atoms with Crippen LogP contribution >= 0.6 is 0 Å². The summed E-state index contributed by atoms with van der Waals surface area (Å²) in [4.78, 5) is 35.0. The fourth-order valence-corrected chi connectivity index (χ4v) is 2.35. The summed E-state index contributed by atoms with van der Waals surface area (Å²) in [5.41, 5.74) is 4.94. The largest absolute Gasteiger partial charge is 0.480 e. The quantitative estimate of drug-likeness (QED) is 0.528. The number of urea groups is 1. The zero-order chi connectivity index (χ0) is 15.3. The van der Waals surface area contributed by atoms with E-state index in [1.54, 1.807) is 0 Å². The first-order chi connectivity index (χ1) is 9.32. The van der Waals surface area contributed by atoms with Crippen LogP contribution in [0.3, 0.4) is 0 Å². The summed E-state index contributed by atoms with van der Waals surface area (Å²) in [6.07, 6.45) is 2.02. The summed E-state index contributed by atoms with van der Waals surface area (Å²) in [7, 11) is 1.50. The predicted molar refractivity (Wildman–Crippen MR) is 69.8 cm³/mol. The number of hydrogen-bond acceptors (Lipinski definition) is 4. The summed E-state index contributed by atoms with van der Waals surface area (Å²) < 4.78 is 0. The summed E-state index contributed by atoms with van der Waals surface area (Å²) in [6, 6.07) is -2.33. The van der Waals surface area contributed by atoms with Crippen molar-refractivity contribution >= 4 is 17.9 Å². The molecule has 1 aliphatic rings. The number of carbonyl (C=O) groups excluding carboxylic acids is 2. The van der Waals surface area contributed by atoms with E-state index < -0.39 is 36.5 Å². The molecule has 114 valence electrons. The number of aliphatic carboxylic acids is 1. The number of hydrogen-bond donors (Lipinski definition) is 4. The van der Waals surface area contributed by atoms with Crippen LogP contribution in [0.5, 0.6) is 0 Å². The zero-order valence-electron chi connectivity index (χ0n) is 11.4. The fraction of sp³-hybridized carbons (Fsp3) is 0.750. The topological polar surface area (TPSA) is 133 Å². The van der Waals surface area contributed by atoms with Crippen LogP contribution in [0.2, 0.25) is 0 Å². The van der Waals surface area contributed by atoms with Crippen molar-refractivity contribution in [3.05, 3.63) is 0 Å². The van der Waals surface area contributed by atoms with Gasteiger partial charge in [0.1, 0.15) is 6.04 Å². The minimum absolute atomic E-state index is 0.341. The van der Waals surface area contributed by atoms with Gasteiger partial charge in [0.15, 0.2) is 0 Å². The molecule has 0 bridgehead atoms. The number of carboxylic acid groups (broad SMARTS) is 1. The van der Waals surface area contributed by atoms with E-state index in [9.17, 15) is 19.5 Å². The SMILES string of the molecule is CN(C(=O)N[C@H](CC(N)=O)C(=O)O)C1CCCCC1O. The highest BCUT2D eigenvalue weighted by Crippen LogP contribution is 2.22. The number of aliphatic hydroxyl groups is 1. The molecule has 3 amide bonds. The molecule has 1 fully saturated rings. The Hall–Kier alpha value is -1.83. The molecule has 2 unspecified atom stereocenters. The summed E-state index contributed by atoms with van der Waals surface area (Å²) in [5, 5.41) is 21.0. The van der Waals surface area contributed by atoms with Gasteiger partial charge in [0.2, 0.25) is 5.91 Å².